The minimum Gasteiger partial charge on any atom is -0.491 e. The molecule has 6 heteroatoms. The van der Waals surface area contributed by atoms with Crippen molar-refractivity contribution in [3.63, 3.8) is 0 Å². The Kier molecular flexibility index (Phi) is 4.58. The maximum Gasteiger partial charge on any atom is 0.272 e. The molecule has 0 bridgehead atoms. The lowest BCUT2D eigenvalue weighted by atomic mass is 10.2. The van der Waals surface area contributed by atoms with Crippen molar-refractivity contribution in [1.82, 2.24) is 4.98 Å². The van der Waals surface area contributed by atoms with Crippen LogP contribution in [0.1, 0.15) is 23.3 Å². The average Bonchev–Trinajstić information content (AvgIpc) is 3.29. The quantitative estimate of drug-likeness (QED) is 0.724. The molecule has 4 rings (SSSR count). The molecule has 2 aromatic carbocycles. The Morgan fingerprint density at radius 1 is 1.27 bits per heavy atom. The number of H-pyrrole nitrogens is 1. The SMILES string of the molecule is O=C(Nc1cccc(OCC2CCCO2)c1)c1cc2cc(F)ccc2[nH]1. The van der Waals surface area contributed by atoms with Crippen LogP contribution in [0.4, 0.5) is 10.1 Å². The lowest BCUT2D eigenvalue weighted by Gasteiger charge is -2.12. The van der Waals surface area contributed by atoms with E-state index in [9.17, 15) is 9.18 Å². The number of fused-ring (bicyclic) bond motifs is 1. The van der Waals surface area contributed by atoms with Gasteiger partial charge in [-0.25, -0.2) is 4.39 Å². The number of amides is 1. The molecule has 1 unspecified atom stereocenters. The van der Waals surface area contributed by atoms with Crippen molar-refractivity contribution >= 4 is 22.5 Å². The minimum atomic E-state index is -0.334. The monoisotopic (exact) mass is 354 g/mol. The van der Waals surface area contributed by atoms with Crippen molar-refractivity contribution in [2.75, 3.05) is 18.5 Å². The highest BCUT2D eigenvalue weighted by Crippen LogP contribution is 2.21. The third-order valence-electron chi connectivity index (χ3n) is 4.38. The molecule has 26 heavy (non-hydrogen) atoms. The maximum atomic E-state index is 13.3. The second-order valence-corrected chi connectivity index (χ2v) is 6.34. The molecular formula is C20H19FN2O3. The molecule has 3 aromatic rings. The number of ether oxygens (including phenoxy) is 2. The molecule has 1 fully saturated rings. The summed E-state index contributed by atoms with van der Waals surface area (Å²) in [5.41, 5.74) is 1.71. The lowest BCUT2D eigenvalue weighted by Crippen LogP contribution is -2.16. The van der Waals surface area contributed by atoms with Gasteiger partial charge in [0.2, 0.25) is 0 Å². The van der Waals surface area contributed by atoms with Crippen LogP contribution in [0.15, 0.2) is 48.5 Å². The van der Waals surface area contributed by atoms with E-state index in [-0.39, 0.29) is 17.8 Å². The zero-order valence-corrected chi connectivity index (χ0v) is 14.1. The van der Waals surface area contributed by atoms with Gasteiger partial charge >= 0.3 is 0 Å². The first kappa shape index (κ1) is 16.6. The Bertz CT molecular complexity index is 932. The van der Waals surface area contributed by atoms with Crippen LogP contribution in [0.5, 0.6) is 5.75 Å². The molecule has 1 aliphatic rings. The van der Waals surface area contributed by atoms with Gasteiger partial charge in [0.1, 0.15) is 23.9 Å². The molecule has 1 atom stereocenters. The van der Waals surface area contributed by atoms with Gasteiger partial charge in [-0.15, -0.1) is 0 Å². The summed E-state index contributed by atoms with van der Waals surface area (Å²) in [6, 6.07) is 13.2. The number of rotatable bonds is 5. The normalized spacial score (nSPS) is 16.7. The summed E-state index contributed by atoms with van der Waals surface area (Å²) in [6.45, 7) is 1.30. The molecule has 0 spiro atoms. The van der Waals surface area contributed by atoms with Crippen LogP contribution < -0.4 is 10.1 Å². The third kappa shape index (κ3) is 3.70. The largest absolute Gasteiger partial charge is 0.491 e. The predicted molar refractivity (Wildman–Crippen MR) is 97.1 cm³/mol. The maximum absolute atomic E-state index is 13.3. The highest BCUT2D eigenvalue weighted by molar-refractivity contribution is 6.06. The summed E-state index contributed by atoms with van der Waals surface area (Å²) in [5.74, 6) is 0.0504. The Labute approximate surface area is 150 Å². The van der Waals surface area contributed by atoms with E-state index in [4.69, 9.17) is 9.47 Å². The number of anilines is 1. The van der Waals surface area contributed by atoms with Gasteiger partial charge in [0, 0.05) is 29.3 Å². The Morgan fingerprint density at radius 2 is 2.19 bits per heavy atom. The molecule has 0 aliphatic carbocycles. The van der Waals surface area contributed by atoms with E-state index in [1.165, 1.54) is 12.1 Å². The van der Waals surface area contributed by atoms with Crippen molar-refractivity contribution in [3.8, 4) is 5.75 Å². The van der Waals surface area contributed by atoms with Gasteiger partial charge in [-0.1, -0.05) is 6.07 Å². The second-order valence-electron chi connectivity index (χ2n) is 6.34. The number of aromatic amines is 1. The number of aromatic nitrogens is 1. The first-order valence-electron chi connectivity index (χ1n) is 8.61. The molecule has 0 saturated carbocycles. The summed E-state index contributed by atoms with van der Waals surface area (Å²) in [5, 5.41) is 3.48. The molecule has 0 radical (unpaired) electrons. The minimum absolute atomic E-state index is 0.139. The topological polar surface area (TPSA) is 63.4 Å². The van der Waals surface area contributed by atoms with Crippen molar-refractivity contribution in [2.24, 2.45) is 0 Å². The fourth-order valence-corrected chi connectivity index (χ4v) is 3.05. The molecule has 1 amide bonds. The summed E-state index contributed by atoms with van der Waals surface area (Å²) in [7, 11) is 0. The standard InChI is InChI=1S/C20H19FN2O3/c21-14-6-7-18-13(9-14)10-19(23-18)20(24)22-15-3-1-4-16(11-15)26-12-17-5-2-8-25-17/h1,3-4,6-7,9-11,17,23H,2,5,8,12H2,(H,22,24). The van der Waals surface area contributed by atoms with E-state index in [0.717, 1.165) is 19.4 Å². The van der Waals surface area contributed by atoms with Gasteiger partial charge in [-0.3, -0.25) is 4.79 Å². The van der Waals surface area contributed by atoms with Gasteiger partial charge in [-0.05, 0) is 49.2 Å². The molecule has 2 N–H and O–H groups in total. The van der Waals surface area contributed by atoms with E-state index in [0.29, 0.717) is 34.6 Å². The van der Waals surface area contributed by atoms with E-state index in [2.05, 4.69) is 10.3 Å². The van der Waals surface area contributed by atoms with Gasteiger partial charge in [0.25, 0.3) is 5.91 Å². The second kappa shape index (κ2) is 7.17. The number of benzene rings is 2. The molecule has 2 heterocycles. The molecule has 5 nitrogen and oxygen atoms in total. The summed E-state index contributed by atoms with van der Waals surface area (Å²) in [4.78, 5) is 15.4. The van der Waals surface area contributed by atoms with Crippen LogP contribution >= 0.6 is 0 Å². The van der Waals surface area contributed by atoms with Crippen molar-refractivity contribution < 1.29 is 18.7 Å². The van der Waals surface area contributed by atoms with E-state index in [1.807, 2.05) is 12.1 Å². The predicted octanol–water partition coefficient (Wildman–Crippen LogP) is 4.12. The first-order chi connectivity index (χ1) is 12.7. The Morgan fingerprint density at radius 3 is 3.04 bits per heavy atom. The van der Waals surface area contributed by atoms with Crippen LogP contribution in [0.25, 0.3) is 10.9 Å². The summed E-state index contributed by atoms with van der Waals surface area (Å²) < 4.78 is 24.6. The fourth-order valence-electron chi connectivity index (χ4n) is 3.05. The van der Waals surface area contributed by atoms with Crippen LogP contribution in [0, 0.1) is 5.82 Å². The number of hydrogen-bond donors (Lipinski definition) is 2. The lowest BCUT2D eigenvalue weighted by molar-refractivity contribution is 0.0680. The molecule has 1 aliphatic heterocycles. The number of hydrogen-bond acceptors (Lipinski definition) is 3. The van der Waals surface area contributed by atoms with E-state index >= 15 is 0 Å². The number of nitrogens with one attached hydrogen (secondary N) is 2. The van der Waals surface area contributed by atoms with Gasteiger partial charge < -0.3 is 19.8 Å². The number of carbonyl (C=O) groups is 1. The number of halogens is 1. The van der Waals surface area contributed by atoms with Crippen molar-refractivity contribution in [2.45, 2.75) is 18.9 Å². The van der Waals surface area contributed by atoms with Crippen molar-refractivity contribution in [1.29, 1.82) is 0 Å². The Balaban J connectivity index is 1.43. The van der Waals surface area contributed by atoms with Crippen LogP contribution in [0.3, 0.4) is 0 Å². The summed E-state index contributed by atoms with van der Waals surface area (Å²) >= 11 is 0. The fraction of sp³-hybridized carbons (Fsp3) is 0.250. The highest BCUT2D eigenvalue weighted by Gasteiger charge is 2.16. The molecule has 134 valence electrons. The summed E-state index contributed by atoms with van der Waals surface area (Å²) in [6.07, 6.45) is 2.22. The van der Waals surface area contributed by atoms with Crippen molar-refractivity contribution in [3.05, 3.63) is 60.0 Å². The number of carbonyl (C=O) groups excluding carboxylic acids is 1. The van der Waals surface area contributed by atoms with Gasteiger partial charge in [-0.2, -0.15) is 0 Å². The molecule has 1 aromatic heterocycles. The zero-order valence-electron chi connectivity index (χ0n) is 14.1. The average molecular weight is 354 g/mol. The van der Waals surface area contributed by atoms with Crippen LogP contribution in [-0.4, -0.2) is 30.2 Å². The first-order valence-corrected chi connectivity index (χ1v) is 8.61. The van der Waals surface area contributed by atoms with Crippen LogP contribution in [-0.2, 0) is 4.74 Å². The molecular weight excluding hydrogens is 335 g/mol. The van der Waals surface area contributed by atoms with Gasteiger partial charge in [0.05, 0.1) is 6.10 Å². The van der Waals surface area contributed by atoms with E-state index < -0.39 is 0 Å². The van der Waals surface area contributed by atoms with E-state index in [1.54, 1.807) is 24.3 Å². The molecule has 1 saturated heterocycles. The zero-order chi connectivity index (χ0) is 17.9. The highest BCUT2D eigenvalue weighted by atomic mass is 19.1. The third-order valence-corrected chi connectivity index (χ3v) is 4.38. The van der Waals surface area contributed by atoms with Gasteiger partial charge in [0.15, 0.2) is 0 Å². The Hall–Kier alpha value is -2.86. The smallest absolute Gasteiger partial charge is 0.272 e. The van der Waals surface area contributed by atoms with Crippen LogP contribution in [0.2, 0.25) is 0 Å².